The molecule has 0 unspecified atom stereocenters. The molecule has 3 aliphatic carbocycles. The van der Waals surface area contributed by atoms with Gasteiger partial charge in [-0.15, -0.1) is 0 Å². The lowest BCUT2D eigenvalue weighted by Crippen LogP contribution is -2.51. The van der Waals surface area contributed by atoms with Crippen LogP contribution in [0.5, 0.6) is 5.75 Å². The molecule has 4 heterocycles. The molecule has 414 valence electrons. The number of alkyl halides is 3. The Labute approximate surface area is 453 Å². The van der Waals surface area contributed by atoms with Crippen molar-refractivity contribution in [3.8, 4) is 5.75 Å². The third-order valence-electron chi connectivity index (χ3n) is 15.4. The maximum Gasteiger partial charge on any atom is 0.218 e. The summed E-state index contributed by atoms with van der Waals surface area (Å²) in [5.74, 6) is 0.123. The van der Waals surface area contributed by atoms with E-state index >= 15 is 13.2 Å². The van der Waals surface area contributed by atoms with Crippen LogP contribution in [0.15, 0.2) is 59.9 Å². The van der Waals surface area contributed by atoms with Gasteiger partial charge in [0.25, 0.3) is 0 Å². The number of likely N-dealkylation sites (tertiary alicyclic amines) is 2. The molecule has 2 aromatic heterocycles. The molecule has 0 radical (unpaired) electrons. The molecule has 0 spiro atoms. The van der Waals surface area contributed by atoms with Crippen LogP contribution < -0.4 is 5.73 Å². The third-order valence-corrected chi connectivity index (χ3v) is 23.7. The fraction of sp³-hybridized carbons (Fsp3) is 0.615. The van der Waals surface area contributed by atoms with Crippen molar-refractivity contribution in [3.63, 3.8) is 0 Å². The van der Waals surface area contributed by atoms with Crippen molar-refractivity contribution in [3.05, 3.63) is 63.2 Å². The van der Waals surface area contributed by atoms with Crippen LogP contribution in [0.25, 0.3) is 22.2 Å². The molecule has 2 saturated heterocycles. The van der Waals surface area contributed by atoms with Crippen molar-refractivity contribution in [2.24, 2.45) is 0 Å². The van der Waals surface area contributed by atoms with E-state index in [1.54, 1.807) is 12.1 Å². The van der Waals surface area contributed by atoms with Gasteiger partial charge in [0.05, 0.1) is 20.8 Å². The number of nitrogens with zero attached hydrogens (tertiary/aromatic N) is 4. The number of halogens is 6. The topological polar surface area (TPSA) is 207 Å². The Bertz CT molecular complexity index is 3280. The number of sulfone groups is 3. The number of nitrogens with two attached hydrogens (primary N) is 1. The maximum atomic E-state index is 15.8. The second kappa shape index (κ2) is 21.0. The Hall–Kier alpha value is -3.37. The second-order valence-corrected chi connectivity index (χ2v) is 30.4. The molecule has 3 aromatic carbocycles. The lowest BCUT2D eigenvalue weighted by Gasteiger charge is -2.43. The molecule has 5 aromatic rings. The Morgan fingerprint density at radius 2 is 0.880 bits per heavy atom. The molecule has 75 heavy (non-hydrogen) atoms. The summed E-state index contributed by atoms with van der Waals surface area (Å²) in [5, 5.41) is 2.65. The van der Waals surface area contributed by atoms with Gasteiger partial charge in [0.1, 0.15) is 25.7 Å². The molecule has 14 nitrogen and oxygen atoms in total. The number of hydrogen-bond donors (Lipinski definition) is 2. The minimum absolute atomic E-state index is 0.0116. The monoisotopic (exact) mass is 1160 g/mol. The number of fused-ring (bicyclic) bond motifs is 2. The van der Waals surface area contributed by atoms with E-state index in [1.807, 2.05) is 41.5 Å². The summed E-state index contributed by atoms with van der Waals surface area (Å²) in [5.41, 5.74) is 5.46. The summed E-state index contributed by atoms with van der Waals surface area (Å²) >= 11 is 18.3. The summed E-state index contributed by atoms with van der Waals surface area (Å²) in [6.45, 7) is 13.1. The molecule has 0 atom stereocenters. The molecular weight excluding hydrogens is 1100 g/mol. The summed E-state index contributed by atoms with van der Waals surface area (Å²) < 4.78 is 136. The van der Waals surface area contributed by atoms with Gasteiger partial charge in [-0.3, -0.25) is 0 Å². The molecule has 3 saturated carbocycles. The number of nitrogen functional groups attached to an aromatic ring is 1. The molecular formula is C52H67Cl3F3N5O9S3. The summed E-state index contributed by atoms with van der Waals surface area (Å²) in [7, 11) is -13.1. The van der Waals surface area contributed by atoms with Crippen molar-refractivity contribution >= 4 is 92.2 Å². The highest BCUT2D eigenvalue weighted by Crippen LogP contribution is 2.48. The summed E-state index contributed by atoms with van der Waals surface area (Å²) in [6.07, 6.45) is 8.33. The molecule has 23 heteroatoms. The van der Waals surface area contributed by atoms with Gasteiger partial charge in [0.2, 0.25) is 56.3 Å². The van der Waals surface area contributed by atoms with E-state index < -0.39 is 66.0 Å². The highest BCUT2D eigenvalue weighted by molar-refractivity contribution is 7.93. The molecule has 0 bridgehead atoms. The van der Waals surface area contributed by atoms with Crippen LogP contribution in [0.2, 0.25) is 15.1 Å². The average Bonchev–Trinajstić information content (AvgIpc) is 3.94. The van der Waals surface area contributed by atoms with Crippen LogP contribution in [0.3, 0.4) is 0 Å². The van der Waals surface area contributed by atoms with E-state index in [-0.39, 0.29) is 80.2 Å². The van der Waals surface area contributed by atoms with E-state index in [2.05, 4.69) is 19.8 Å². The van der Waals surface area contributed by atoms with Gasteiger partial charge in [-0.1, -0.05) is 95.6 Å². The number of rotatable bonds is 8. The number of benzene rings is 3. The Morgan fingerprint density at radius 3 is 1.23 bits per heavy atom. The van der Waals surface area contributed by atoms with Gasteiger partial charge >= 0.3 is 0 Å². The molecule has 10 rings (SSSR count). The highest BCUT2D eigenvalue weighted by atomic mass is 35.5. The average molecular weight is 1170 g/mol. The van der Waals surface area contributed by atoms with Crippen molar-refractivity contribution in [2.75, 3.05) is 31.9 Å². The van der Waals surface area contributed by atoms with Gasteiger partial charge in [0, 0.05) is 74.8 Å². The second-order valence-electron chi connectivity index (χ2n) is 22.8. The fourth-order valence-corrected chi connectivity index (χ4v) is 17.1. The number of piperidine rings is 2. The Kier molecular flexibility index (Phi) is 16.2. The maximum absolute atomic E-state index is 15.8. The van der Waals surface area contributed by atoms with Crippen molar-refractivity contribution in [1.29, 1.82) is 0 Å². The number of aromatic nitrogens is 2. The number of aromatic hydroxyl groups is 1. The Morgan fingerprint density at radius 1 is 0.547 bits per heavy atom. The SMILES string of the molecule is CC(C)(C)c1nc2ccc(Cl)c(S(=O)(=O)C3(F)CCCCC3)c2o1.CC(C)(C)c1nc2ccc(Cl)c(S(=O)(=O)C3(F)CCN(C4CCC4)CC3)c2o1.Nc1ccc(Cl)c(S(=O)(=O)C2(F)CCN(C3CCC3)CC2)c1O. The van der Waals surface area contributed by atoms with Crippen molar-refractivity contribution in [1.82, 2.24) is 19.8 Å². The summed E-state index contributed by atoms with van der Waals surface area (Å²) in [4.78, 5) is 12.0. The zero-order valence-electron chi connectivity index (χ0n) is 43.1. The van der Waals surface area contributed by atoms with Crippen molar-refractivity contribution in [2.45, 2.75) is 190 Å². The van der Waals surface area contributed by atoms with E-state index in [4.69, 9.17) is 49.4 Å². The van der Waals surface area contributed by atoms with E-state index in [0.29, 0.717) is 73.9 Å². The highest BCUT2D eigenvalue weighted by Gasteiger charge is 2.53. The number of oxazole rings is 2. The van der Waals surface area contributed by atoms with E-state index in [0.717, 1.165) is 32.1 Å². The van der Waals surface area contributed by atoms with Gasteiger partial charge < -0.3 is 29.5 Å². The zero-order chi connectivity index (χ0) is 54.9. The first-order valence-electron chi connectivity index (χ1n) is 25.6. The number of phenols is 1. The van der Waals surface area contributed by atoms with Crippen LogP contribution in [0, 0.1) is 0 Å². The molecule has 0 amide bonds. The third kappa shape index (κ3) is 10.9. The summed E-state index contributed by atoms with van der Waals surface area (Å²) in [6, 6.07) is 9.59. The first kappa shape index (κ1) is 57.8. The normalized spacial score (nSPS) is 21.1. The van der Waals surface area contributed by atoms with Crippen molar-refractivity contribution < 1.29 is 52.4 Å². The fourth-order valence-electron chi connectivity index (χ4n) is 10.2. The minimum atomic E-state index is -4.44. The quantitative estimate of drug-likeness (QED) is 0.109. The number of hydrogen-bond acceptors (Lipinski definition) is 14. The van der Waals surface area contributed by atoms with Gasteiger partial charge in [-0.25, -0.2) is 48.4 Å². The largest absolute Gasteiger partial charge is 0.504 e. The van der Waals surface area contributed by atoms with E-state index in [1.165, 1.54) is 37.1 Å². The first-order valence-corrected chi connectivity index (χ1v) is 31.2. The lowest BCUT2D eigenvalue weighted by molar-refractivity contribution is 0.0566. The van der Waals surface area contributed by atoms with Gasteiger partial charge in [0.15, 0.2) is 16.9 Å². The van der Waals surface area contributed by atoms with Crippen LogP contribution in [0.4, 0.5) is 18.9 Å². The standard InChI is InChI=1S/C20H26ClFN2O3S.C17H21ClFNO3S.C15H20ClFN2O3S/c1-19(2,3)18-23-15-8-7-14(21)17(16(15)27-18)28(25,26)20(22)9-11-24(12-10-20)13-5-4-6-13;1-16(2,3)15-20-12-8-7-11(18)14(13(12)23-15)24(21,22)17(19)9-5-4-6-10-17;16-11-4-5-12(18)13(20)14(11)23(21,22)15(17)6-8-19(9-7-15)10-2-1-3-10/h7-8,13H,4-6,9-12H2,1-3H3;7-8H,4-6,9-10H2,1-3H3;4-5,10,20H,1-3,6-9,18H2. The van der Waals surface area contributed by atoms with Crippen LogP contribution >= 0.6 is 34.8 Å². The molecule has 2 aliphatic heterocycles. The minimum Gasteiger partial charge on any atom is -0.504 e. The number of anilines is 1. The van der Waals surface area contributed by atoms with Crippen LogP contribution in [0.1, 0.15) is 150 Å². The molecule has 3 N–H and O–H groups in total. The number of phenolic OH excluding ortho intramolecular Hbond substituents is 1. The zero-order valence-corrected chi connectivity index (χ0v) is 47.8. The molecule has 5 aliphatic rings. The smallest absolute Gasteiger partial charge is 0.218 e. The predicted octanol–water partition coefficient (Wildman–Crippen LogP) is 12.8. The predicted molar refractivity (Wildman–Crippen MR) is 286 cm³/mol. The van der Waals surface area contributed by atoms with Crippen LogP contribution in [-0.4, -0.2) is 103 Å². The Balaban J connectivity index is 0.000000150. The first-order chi connectivity index (χ1) is 34.8. The van der Waals surface area contributed by atoms with Gasteiger partial charge in [-0.2, -0.15) is 0 Å². The molecule has 5 fully saturated rings. The van der Waals surface area contributed by atoms with Crippen LogP contribution in [-0.2, 0) is 40.3 Å². The van der Waals surface area contributed by atoms with E-state index in [9.17, 15) is 30.4 Å². The van der Waals surface area contributed by atoms with Gasteiger partial charge in [-0.05, 0) is 87.8 Å². The lowest BCUT2D eigenvalue weighted by atomic mass is 9.90.